The van der Waals surface area contributed by atoms with Gasteiger partial charge in [-0.2, -0.15) is 5.10 Å². The van der Waals surface area contributed by atoms with E-state index < -0.39 is 23.3 Å². The summed E-state index contributed by atoms with van der Waals surface area (Å²) in [6, 6.07) is 26.5. The van der Waals surface area contributed by atoms with Crippen LogP contribution in [-0.2, 0) is 4.79 Å². The molecule has 0 fully saturated rings. The van der Waals surface area contributed by atoms with Crippen LogP contribution in [0.3, 0.4) is 0 Å². The molecule has 168 valence electrons. The van der Waals surface area contributed by atoms with Crippen LogP contribution in [0.25, 0.3) is 10.8 Å². The van der Waals surface area contributed by atoms with E-state index in [1.54, 1.807) is 0 Å². The van der Waals surface area contributed by atoms with Crippen molar-refractivity contribution in [2.45, 2.75) is 12.5 Å². The average molecular weight is 452 g/mol. The number of fused-ring (bicyclic) bond motifs is 1. The van der Waals surface area contributed by atoms with Gasteiger partial charge in [-0.1, -0.05) is 66.7 Å². The molecule has 3 aromatic carbocycles. The fourth-order valence-corrected chi connectivity index (χ4v) is 4.06. The Morgan fingerprint density at radius 1 is 1.00 bits per heavy atom. The molecule has 8 nitrogen and oxygen atoms in total. The third-order valence-electron chi connectivity index (χ3n) is 5.71. The van der Waals surface area contributed by atoms with Gasteiger partial charge in [0, 0.05) is 6.42 Å². The summed E-state index contributed by atoms with van der Waals surface area (Å²) in [5, 5.41) is 19.5. The number of ether oxygens (including phenoxy) is 1. The Balaban J connectivity index is 1.43. The summed E-state index contributed by atoms with van der Waals surface area (Å²) >= 11 is 0. The van der Waals surface area contributed by atoms with Crippen molar-refractivity contribution in [3.05, 3.63) is 112 Å². The normalized spacial score (nSPS) is 15.2. The summed E-state index contributed by atoms with van der Waals surface area (Å²) in [5.41, 5.74) is 2.68. The molecule has 1 aromatic heterocycles. The van der Waals surface area contributed by atoms with E-state index in [2.05, 4.69) is 16.2 Å². The molecule has 0 spiro atoms. The van der Waals surface area contributed by atoms with Crippen molar-refractivity contribution in [1.29, 1.82) is 0 Å². The topological polar surface area (TPSA) is 97.9 Å². The Labute approximate surface area is 195 Å². The Kier molecular flexibility index (Phi) is 5.70. The van der Waals surface area contributed by atoms with Crippen LogP contribution in [0, 0.1) is 10.1 Å². The number of pyridine rings is 1. The van der Waals surface area contributed by atoms with Gasteiger partial charge in [0.25, 0.3) is 5.91 Å². The maximum atomic E-state index is 13.2. The second kappa shape index (κ2) is 9.11. The van der Waals surface area contributed by atoms with E-state index in [-0.39, 0.29) is 11.8 Å². The van der Waals surface area contributed by atoms with E-state index in [0.29, 0.717) is 6.42 Å². The van der Waals surface area contributed by atoms with Gasteiger partial charge in [-0.25, -0.2) is 5.01 Å². The first kappa shape index (κ1) is 21.3. The molecule has 5 rings (SSSR count). The number of nitrogens with zero attached hydrogens (tertiary/aromatic N) is 4. The molecule has 1 atom stereocenters. The number of hydrogen-bond donors (Lipinski definition) is 0. The van der Waals surface area contributed by atoms with Crippen LogP contribution in [0.15, 0.2) is 96.2 Å². The summed E-state index contributed by atoms with van der Waals surface area (Å²) in [7, 11) is 0. The quantitative estimate of drug-likeness (QED) is 0.306. The van der Waals surface area contributed by atoms with Gasteiger partial charge in [-0.15, -0.1) is 0 Å². The van der Waals surface area contributed by atoms with Gasteiger partial charge in [0.1, 0.15) is 6.20 Å². The number of benzene rings is 3. The molecule has 1 aliphatic rings. The fraction of sp³-hybridized carbons (Fsp3) is 0.115. The molecule has 0 N–H and O–H groups in total. The van der Waals surface area contributed by atoms with Crippen molar-refractivity contribution in [2.24, 2.45) is 5.10 Å². The Hall–Kier alpha value is -4.59. The van der Waals surface area contributed by atoms with Crippen molar-refractivity contribution in [3.63, 3.8) is 0 Å². The minimum Gasteiger partial charge on any atom is -0.475 e. The maximum Gasteiger partial charge on any atom is 0.406 e. The van der Waals surface area contributed by atoms with Crippen LogP contribution < -0.4 is 4.74 Å². The highest BCUT2D eigenvalue weighted by Gasteiger charge is 2.33. The zero-order chi connectivity index (χ0) is 23.5. The Morgan fingerprint density at radius 3 is 2.56 bits per heavy atom. The van der Waals surface area contributed by atoms with Crippen molar-refractivity contribution >= 4 is 28.2 Å². The molecule has 2 heterocycles. The molecular formula is C26H20N4O4. The SMILES string of the molecule is O=C(COc1cccnc1[N+](=O)[O-])N1N=C(c2ccc3ccccc3c2)C[C@@H]1c1ccccc1. The molecule has 34 heavy (non-hydrogen) atoms. The molecule has 0 radical (unpaired) electrons. The van der Waals surface area contributed by atoms with E-state index in [0.717, 1.165) is 27.6 Å². The Morgan fingerprint density at radius 2 is 1.76 bits per heavy atom. The second-order valence-corrected chi connectivity index (χ2v) is 7.85. The number of hydrazone groups is 1. The molecule has 0 unspecified atom stereocenters. The number of carbonyl (C=O) groups is 1. The predicted molar refractivity (Wildman–Crippen MR) is 128 cm³/mol. The maximum absolute atomic E-state index is 13.2. The van der Waals surface area contributed by atoms with Gasteiger partial charge >= 0.3 is 5.82 Å². The summed E-state index contributed by atoms with van der Waals surface area (Å²) in [4.78, 5) is 27.5. The minimum absolute atomic E-state index is 0.0601. The zero-order valence-corrected chi connectivity index (χ0v) is 18.1. The zero-order valence-electron chi connectivity index (χ0n) is 18.1. The van der Waals surface area contributed by atoms with Gasteiger partial charge in [0.2, 0.25) is 5.75 Å². The van der Waals surface area contributed by atoms with Gasteiger partial charge < -0.3 is 14.9 Å². The molecule has 0 bridgehead atoms. The van der Waals surface area contributed by atoms with E-state index >= 15 is 0 Å². The first-order valence-corrected chi connectivity index (χ1v) is 10.8. The van der Waals surface area contributed by atoms with Gasteiger partial charge in [0.05, 0.1) is 11.8 Å². The van der Waals surface area contributed by atoms with Crippen LogP contribution in [-0.4, -0.2) is 33.1 Å². The third-order valence-corrected chi connectivity index (χ3v) is 5.71. The highest BCUT2D eigenvalue weighted by atomic mass is 16.6. The van der Waals surface area contributed by atoms with Crippen LogP contribution in [0.4, 0.5) is 5.82 Å². The smallest absolute Gasteiger partial charge is 0.406 e. The van der Waals surface area contributed by atoms with Crippen LogP contribution in [0.5, 0.6) is 5.75 Å². The standard InChI is InChI=1S/C26H20N4O4/c31-25(17-34-24-11-6-14-27-26(24)30(32)33)29-23(19-8-2-1-3-9-19)16-22(28-29)21-13-12-18-7-4-5-10-20(18)15-21/h1-15,23H,16-17H2/t23-/m1/s1. The monoisotopic (exact) mass is 452 g/mol. The summed E-state index contributed by atoms with van der Waals surface area (Å²) < 4.78 is 5.49. The summed E-state index contributed by atoms with van der Waals surface area (Å²) in [6.45, 7) is -0.398. The van der Waals surface area contributed by atoms with E-state index in [9.17, 15) is 14.9 Å². The van der Waals surface area contributed by atoms with Crippen LogP contribution in [0.1, 0.15) is 23.6 Å². The van der Waals surface area contributed by atoms with Crippen LogP contribution >= 0.6 is 0 Å². The van der Waals surface area contributed by atoms with E-state index in [1.165, 1.54) is 23.3 Å². The average Bonchev–Trinajstić information content (AvgIpc) is 3.33. The summed E-state index contributed by atoms with van der Waals surface area (Å²) in [5.74, 6) is -0.894. The van der Waals surface area contributed by atoms with E-state index in [4.69, 9.17) is 4.74 Å². The number of nitro groups is 1. The van der Waals surface area contributed by atoms with Gasteiger partial charge in [-0.05, 0) is 50.0 Å². The molecule has 4 aromatic rings. The molecule has 1 aliphatic heterocycles. The van der Waals surface area contributed by atoms with Crippen LogP contribution in [0.2, 0.25) is 0 Å². The lowest BCUT2D eigenvalue weighted by molar-refractivity contribution is -0.390. The van der Waals surface area contributed by atoms with Gasteiger partial charge in [0.15, 0.2) is 6.61 Å². The molecule has 1 amide bonds. The highest BCUT2D eigenvalue weighted by Crippen LogP contribution is 2.33. The summed E-state index contributed by atoms with van der Waals surface area (Å²) in [6.07, 6.45) is 1.85. The lowest BCUT2D eigenvalue weighted by atomic mass is 9.97. The first-order chi connectivity index (χ1) is 16.6. The lowest BCUT2D eigenvalue weighted by Gasteiger charge is -2.22. The number of carbonyl (C=O) groups excluding carboxylic acids is 1. The number of hydrogen-bond acceptors (Lipinski definition) is 6. The van der Waals surface area contributed by atoms with Crippen molar-refractivity contribution in [3.8, 4) is 5.75 Å². The fourth-order valence-electron chi connectivity index (χ4n) is 4.06. The number of amides is 1. The second-order valence-electron chi connectivity index (χ2n) is 7.85. The lowest BCUT2D eigenvalue weighted by Crippen LogP contribution is -2.31. The van der Waals surface area contributed by atoms with Crippen molar-refractivity contribution in [1.82, 2.24) is 9.99 Å². The largest absolute Gasteiger partial charge is 0.475 e. The van der Waals surface area contributed by atoms with Crippen molar-refractivity contribution < 1.29 is 14.5 Å². The third kappa shape index (κ3) is 4.21. The molecule has 0 saturated heterocycles. The molecular weight excluding hydrogens is 432 g/mol. The molecule has 0 saturated carbocycles. The Bertz CT molecular complexity index is 1400. The number of aromatic nitrogens is 1. The van der Waals surface area contributed by atoms with Gasteiger partial charge in [-0.3, -0.25) is 4.79 Å². The predicted octanol–water partition coefficient (Wildman–Crippen LogP) is 4.90. The highest BCUT2D eigenvalue weighted by molar-refractivity contribution is 6.05. The minimum atomic E-state index is -0.640. The number of rotatable bonds is 6. The van der Waals surface area contributed by atoms with E-state index in [1.807, 2.05) is 66.7 Å². The molecule has 8 heteroatoms. The van der Waals surface area contributed by atoms with Crippen molar-refractivity contribution in [2.75, 3.05) is 6.61 Å². The molecule has 0 aliphatic carbocycles. The first-order valence-electron chi connectivity index (χ1n) is 10.8.